The van der Waals surface area contributed by atoms with Crippen molar-refractivity contribution < 1.29 is 9.13 Å². The van der Waals surface area contributed by atoms with E-state index in [-0.39, 0.29) is 5.82 Å². The van der Waals surface area contributed by atoms with E-state index in [1.165, 1.54) is 12.1 Å². The summed E-state index contributed by atoms with van der Waals surface area (Å²) in [6, 6.07) is 14.0. The zero-order valence-electron chi connectivity index (χ0n) is 15.6. The minimum atomic E-state index is -0.329. The summed E-state index contributed by atoms with van der Waals surface area (Å²) >= 11 is 0. The molecule has 0 fully saturated rings. The third-order valence-corrected chi connectivity index (χ3v) is 4.62. The van der Waals surface area contributed by atoms with Crippen LogP contribution in [-0.2, 0) is 0 Å². The van der Waals surface area contributed by atoms with Gasteiger partial charge in [-0.05, 0) is 49.4 Å². The molecule has 5 rings (SSSR count). The van der Waals surface area contributed by atoms with E-state index in [0.717, 1.165) is 27.7 Å². The quantitative estimate of drug-likeness (QED) is 0.453. The van der Waals surface area contributed by atoms with Crippen molar-refractivity contribution in [2.75, 3.05) is 6.61 Å². The third-order valence-electron chi connectivity index (χ3n) is 4.62. The summed E-state index contributed by atoms with van der Waals surface area (Å²) in [6.07, 6.45) is 5.07. The van der Waals surface area contributed by atoms with Gasteiger partial charge in [-0.3, -0.25) is 9.55 Å². The van der Waals surface area contributed by atoms with E-state index in [0.29, 0.717) is 23.8 Å². The van der Waals surface area contributed by atoms with Gasteiger partial charge in [0.15, 0.2) is 11.6 Å². The monoisotopic (exact) mass is 385 g/mol. The highest BCUT2D eigenvalue weighted by Crippen LogP contribution is 2.29. The molecule has 0 atom stereocenters. The van der Waals surface area contributed by atoms with Crippen LogP contribution in [0.15, 0.2) is 67.3 Å². The van der Waals surface area contributed by atoms with E-state index in [1.54, 1.807) is 24.8 Å². The molecule has 3 aromatic heterocycles. The van der Waals surface area contributed by atoms with Crippen LogP contribution in [-0.4, -0.2) is 31.1 Å². The molecular formula is C22H16FN5O. The lowest BCUT2D eigenvalue weighted by molar-refractivity contribution is 0.340. The molecule has 0 radical (unpaired) electrons. The average Bonchev–Trinajstić information content (AvgIpc) is 3.16. The minimum Gasteiger partial charge on any atom is -0.494 e. The highest BCUT2D eigenvalue weighted by atomic mass is 19.1. The SMILES string of the molecule is CCOc1ccc2nc(-c3cccnc3)nc(-n3cnc4cc(F)ccc43)c2c1. The van der Waals surface area contributed by atoms with Crippen LogP contribution in [0.5, 0.6) is 5.75 Å². The normalized spacial score (nSPS) is 11.2. The molecule has 29 heavy (non-hydrogen) atoms. The predicted octanol–water partition coefficient (Wildman–Crippen LogP) is 4.57. The first-order valence-electron chi connectivity index (χ1n) is 9.21. The van der Waals surface area contributed by atoms with E-state index in [4.69, 9.17) is 14.7 Å². The first-order valence-corrected chi connectivity index (χ1v) is 9.21. The Hall–Kier alpha value is -3.87. The Bertz CT molecular complexity index is 1330. The van der Waals surface area contributed by atoms with Gasteiger partial charge < -0.3 is 4.74 Å². The van der Waals surface area contributed by atoms with Gasteiger partial charge in [-0.2, -0.15) is 0 Å². The smallest absolute Gasteiger partial charge is 0.163 e. The molecule has 0 saturated carbocycles. The lowest BCUT2D eigenvalue weighted by Gasteiger charge is -2.12. The Morgan fingerprint density at radius 3 is 2.79 bits per heavy atom. The number of fused-ring (bicyclic) bond motifs is 2. The summed E-state index contributed by atoms with van der Waals surface area (Å²) in [5.41, 5.74) is 2.88. The van der Waals surface area contributed by atoms with Crippen LogP contribution >= 0.6 is 0 Å². The van der Waals surface area contributed by atoms with Crippen molar-refractivity contribution in [3.8, 4) is 23.0 Å². The van der Waals surface area contributed by atoms with E-state index in [1.807, 2.05) is 41.8 Å². The Kier molecular flexibility index (Phi) is 4.13. The number of imidazole rings is 1. The molecule has 3 heterocycles. The third kappa shape index (κ3) is 3.06. The number of pyridine rings is 1. The zero-order valence-corrected chi connectivity index (χ0v) is 15.6. The maximum absolute atomic E-state index is 13.6. The average molecular weight is 385 g/mol. The van der Waals surface area contributed by atoms with E-state index < -0.39 is 0 Å². The van der Waals surface area contributed by atoms with Gasteiger partial charge in [0, 0.05) is 29.4 Å². The standard InChI is InChI=1S/C22H16FN5O/c1-2-29-16-6-7-18-17(11-16)22(27-21(26-18)14-4-3-9-24-12-14)28-13-25-19-10-15(23)5-8-20(19)28/h3-13H,2H2,1H3. The highest BCUT2D eigenvalue weighted by molar-refractivity contribution is 5.90. The second kappa shape index (κ2) is 6.94. The molecular weight excluding hydrogens is 369 g/mol. The molecule has 0 amide bonds. The Balaban J connectivity index is 1.81. The first-order chi connectivity index (χ1) is 14.2. The van der Waals surface area contributed by atoms with Gasteiger partial charge in [0.1, 0.15) is 17.9 Å². The number of halogens is 1. The molecule has 0 N–H and O–H groups in total. The van der Waals surface area contributed by atoms with Crippen molar-refractivity contribution >= 4 is 21.9 Å². The summed E-state index contributed by atoms with van der Waals surface area (Å²) in [4.78, 5) is 18.0. The molecule has 6 nitrogen and oxygen atoms in total. The summed E-state index contributed by atoms with van der Waals surface area (Å²) < 4.78 is 21.1. The van der Waals surface area contributed by atoms with E-state index in [2.05, 4.69) is 9.97 Å². The van der Waals surface area contributed by atoms with E-state index >= 15 is 0 Å². The van der Waals surface area contributed by atoms with Crippen LogP contribution in [0.2, 0.25) is 0 Å². The summed E-state index contributed by atoms with van der Waals surface area (Å²) in [6.45, 7) is 2.49. The number of nitrogens with zero attached hydrogens (tertiary/aromatic N) is 5. The van der Waals surface area contributed by atoms with Crippen molar-refractivity contribution in [2.45, 2.75) is 6.92 Å². The van der Waals surface area contributed by atoms with Crippen LogP contribution in [0, 0.1) is 5.82 Å². The topological polar surface area (TPSA) is 65.7 Å². The second-order valence-corrected chi connectivity index (χ2v) is 6.47. The Morgan fingerprint density at radius 1 is 1.03 bits per heavy atom. The highest BCUT2D eigenvalue weighted by Gasteiger charge is 2.15. The van der Waals surface area contributed by atoms with Crippen molar-refractivity contribution in [3.05, 3.63) is 73.1 Å². The number of hydrogen-bond acceptors (Lipinski definition) is 5. The molecule has 0 bridgehead atoms. The molecule has 0 saturated heterocycles. The van der Waals surface area contributed by atoms with Gasteiger partial charge in [0.25, 0.3) is 0 Å². The largest absolute Gasteiger partial charge is 0.494 e. The van der Waals surface area contributed by atoms with Crippen LogP contribution in [0.1, 0.15) is 6.92 Å². The number of hydrogen-bond donors (Lipinski definition) is 0. The van der Waals surface area contributed by atoms with Gasteiger partial charge in [0.05, 0.1) is 23.2 Å². The van der Waals surface area contributed by atoms with Gasteiger partial charge >= 0.3 is 0 Å². The van der Waals surface area contributed by atoms with Crippen molar-refractivity contribution in [1.29, 1.82) is 0 Å². The van der Waals surface area contributed by atoms with Crippen molar-refractivity contribution in [3.63, 3.8) is 0 Å². The lowest BCUT2D eigenvalue weighted by Crippen LogP contribution is -2.02. The summed E-state index contributed by atoms with van der Waals surface area (Å²) in [5.74, 6) is 1.60. The zero-order chi connectivity index (χ0) is 19.8. The van der Waals surface area contributed by atoms with Crippen LogP contribution < -0.4 is 4.74 Å². The predicted molar refractivity (Wildman–Crippen MR) is 109 cm³/mol. The molecule has 0 unspecified atom stereocenters. The molecule has 7 heteroatoms. The molecule has 0 aliphatic heterocycles. The summed E-state index contributed by atoms with van der Waals surface area (Å²) in [7, 11) is 0. The van der Waals surface area contributed by atoms with Crippen LogP contribution in [0.25, 0.3) is 39.1 Å². The molecule has 142 valence electrons. The molecule has 0 aliphatic carbocycles. The fourth-order valence-corrected chi connectivity index (χ4v) is 3.31. The fourth-order valence-electron chi connectivity index (χ4n) is 3.31. The molecule has 5 aromatic rings. The molecule has 2 aromatic carbocycles. The maximum atomic E-state index is 13.6. The lowest BCUT2D eigenvalue weighted by atomic mass is 10.2. The van der Waals surface area contributed by atoms with Gasteiger partial charge in [0.2, 0.25) is 0 Å². The molecule has 0 aliphatic rings. The summed E-state index contributed by atoms with van der Waals surface area (Å²) in [5, 5.41) is 0.812. The minimum absolute atomic E-state index is 0.329. The van der Waals surface area contributed by atoms with Gasteiger partial charge in [-0.15, -0.1) is 0 Å². The Labute approximate surface area is 165 Å². The van der Waals surface area contributed by atoms with Gasteiger partial charge in [-0.25, -0.2) is 19.3 Å². The number of rotatable bonds is 4. The number of ether oxygens (including phenoxy) is 1. The number of benzene rings is 2. The number of aromatic nitrogens is 5. The van der Waals surface area contributed by atoms with Gasteiger partial charge in [-0.1, -0.05) is 0 Å². The first kappa shape index (κ1) is 17.2. The van der Waals surface area contributed by atoms with Crippen LogP contribution in [0.3, 0.4) is 0 Å². The van der Waals surface area contributed by atoms with E-state index in [9.17, 15) is 4.39 Å². The Morgan fingerprint density at radius 2 is 1.97 bits per heavy atom. The van der Waals surface area contributed by atoms with Crippen molar-refractivity contribution in [2.24, 2.45) is 0 Å². The van der Waals surface area contributed by atoms with Crippen LogP contribution in [0.4, 0.5) is 4.39 Å². The molecule has 0 spiro atoms. The fraction of sp³-hybridized carbons (Fsp3) is 0.0909. The van der Waals surface area contributed by atoms with Crippen molar-refractivity contribution in [1.82, 2.24) is 24.5 Å². The second-order valence-electron chi connectivity index (χ2n) is 6.47. The maximum Gasteiger partial charge on any atom is 0.163 e.